The average Bonchev–Trinajstić information content (AvgIpc) is 2.83. The van der Waals surface area contributed by atoms with Crippen LogP contribution in [0.5, 0.6) is 0 Å². The highest BCUT2D eigenvalue weighted by molar-refractivity contribution is 6.05. The zero-order valence-corrected chi connectivity index (χ0v) is 11.4. The highest BCUT2D eigenvalue weighted by atomic mass is 16.5. The first-order valence-electron chi connectivity index (χ1n) is 6.64. The van der Waals surface area contributed by atoms with Crippen molar-refractivity contribution in [1.29, 1.82) is 0 Å². The van der Waals surface area contributed by atoms with Crippen LogP contribution in [0.4, 0.5) is 5.69 Å². The number of rotatable bonds is 5. The molecule has 20 heavy (non-hydrogen) atoms. The summed E-state index contributed by atoms with van der Waals surface area (Å²) in [6.07, 6.45) is 1.14. The summed E-state index contributed by atoms with van der Waals surface area (Å²) >= 11 is 0. The van der Waals surface area contributed by atoms with E-state index >= 15 is 0 Å². The summed E-state index contributed by atoms with van der Waals surface area (Å²) in [5.41, 5.74) is 2.47. The molecule has 0 spiro atoms. The smallest absolute Gasteiger partial charge is 0.312 e. The van der Waals surface area contributed by atoms with E-state index in [1.807, 2.05) is 24.3 Å². The number of carbonyl (C=O) groups excluding carboxylic acids is 2. The number of hydrogen-bond acceptors (Lipinski definition) is 5. The highest BCUT2D eigenvalue weighted by Gasteiger charge is 2.18. The van der Waals surface area contributed by atoms with Gasteiger partial charge in [0.25, 0.3) is 0 Å². The Morgan fingerprint density at radius 1 is 1.40 bits per heavy atom. The number of ether oxygens (including phenoxy) is 2. The maximum Gasteiger partial charge on any atom is 0.312 e. The summed E-state index contributed by atoms with van der Waals surface area (Å²) in [5, 5.41) is 0. The fourth-order valence-corrected chi connectivity index (χ4v) is 1.98. The first-order chi connectivity index (χ1) is 9.69. The van der Waals surface area contributed by atoms with Crippen LogP contribution in [0.3, 0.4) is 0 Å². The Balaban J connectivity index is 2.06. The predicted octanol–water partition coefficient (Wildman–Crippen LogP) is 2.20. The molecule has 0 saturated carbocycles. The maximum absolute atomic E-state index is 11.4. The number of nitrogens with zero attached hydrogens (tertiary/aromatic N) is 1. The monoisotopic (exact) mass is 275 g/mol. The van der Waals surface area contributed by atoms with Gasteiger partial charge in [0.1, 0.15) is 6.61 Å². The lowest BCUT2D eigenvalue weighted by atomic mass is 10.1. The van der Waals surface area contributed by atoms with Crippen molar-refractivity contribution in [1.82, 2.24) is 0 Å². The minimum absolute atomic E-state index is 0.214. The summed E-state index contributed by atoms with van der Waals surface area (Å²) in [6.45, 7) is 2.43. The van der Waals surface area contributed by atoms with Crippen molar-refractivity contribution in [2.75, 3.05) is 13.2 Å². The minimum Gasteiger partial charge on any atom is -0.466 e. The molecule has 0 N–H and O–H groups in total. The van der Waals surface area contributed by atoms with Crippen molar-refractivity contribution in [3.63, 3.8) is 0 Å². The lowest BCUT2D eigenvalue weighted by Crippen LogP contribution is -2.05. The van der Waals surface area contributed by atoms with Gasteiger partial charge in [-0.3, -0.25) is 14.6 Å². The van der Waals surface area contributed by atoms with Gasteiger partial charge < -0.3 is 9.47 Å². The van der Waals surface area contributed by atoms with Crippen molar-refractivity contribution >= 4 is 23.3 Å². The summed E-state index contributed by atoms with van der Waals surface area (Å²) in [7, 11) is 0. The minimum atomic E-state index is -0.243. The number of cyclic esters (lactones) is 1. The van der Waals surface area contributed by atoms with Gasteiger partial charge in [0.15, 0.2) is 0 Å². The molecule has 0 bridgehead atoms. The van der Waals surface area contributed by atoms with E-state index in [0.29, 0.717) is 19.4 Å². The number of esters is 2. The third kappa shape index (κ3) is 3.91. The molecule has 0 radical (unpaired) electrons. The fourth-order valence-electron chi connectivity index (χ4n) is 1.98. The quantitative estimate of drug-likeness (QED) is 0.773. The van der Waals surface area contributed by atoms with Gasteiger partial charge in [0.05, 0.1) is 24.4 Å². The highest BCUT2D eigenvalue weighted by Crippen LogP contribution is 2.22. The molecule has 5 heteroatoms. The average molecular weight is 275 g/mol. The Bertz CT molecular complexity index is 536. The van der Waals surface area contributed by atoms with Crippen LogP contribution in [0.1, 0.15) is 25.3 Å². The van der Waals surface area contributed by atoms with Crippen molar-refractivity contribution in [2.24, 2.45) is 4.99 Å². The van der Waals surface area contributed by atoms with Gasteiger partial charge in [-0.25, -0.2) is 0 Å². The Labute approximate surface area is 117 Å². The first-order valence-corrected chi connectivity index (χ1v) is 6.64. The number of aliphatic imine (C=N–C) groups is 1. The SMILES string of the molecule is CCOC(=O)CCc1ccccc1N=C1COC(=O)C1. The summed E-state index contributed by atoms with van der Waals surface area (Å²) < 4.78 is 9.78. The molecule has 1 saturated heterocycles. The largest absolute Gasteiger partial charge is 0.466 e. The normalized spacial score (nSPS) is 16.2. The molecular formula is C15H17NO4. The number of benzene rings is 1. The van der Waals surface area contributed by atoms with E-state index in [9.17, 15) is 9.59 Å². The number of aryl methyl sites for hydroxylation is 1. The summed E-state index contributed by atoms with van der Waals surface area (Å²) in [5.74, 6) is -0.456. The molecule has 5 nitrogen and oxygen atoms in total. The van der Waals surface area contributed by atoms with Crippen LogP contribution in [-0.2, 0) is 25.5 Å². The second-order valence-corrected chi connectivity index (χ2v) is 4.45. The molecule has 1 aromatic rings. The molecule has 1 aliphatic heterocycles. The predicted molar refractivity (Wildman–Crippen MR) is 74.1 cm³/mol. The van der Waals surface area contributed by atoms with E-state index in [4.69, 9.17) is 9.47 Å². The Hall–Kier alpha value is -2.17. The van der Waals surface area contributed by atoms with E-state index in [1.54, 1.807) is 6.92 Å². The second kappa shape index (κ2) is 6.84. The van der Waals surface area contributed by atoms with Crippen molar-refractivity contribution < 1.29 is 19.1 Å². The number of carbonyl (C=O) groups is 2. The molecule has 0 aliphatic carbocycles. The standard InChI is InChI=1S/C15H17NO4/c1-2-19-14(17)8-7-11-5-3-4-6-13(11)16-12-9-15(18)20-10-12/h3-6H,2,7-10H2,1H3. The van der Waals surface area contributed by atoms with Gasteiger partial charge in [-0.1, -0.05) is 18.2 Å². The van der Waals surface area contributed by atoms with E-state index in [0.717, 1.165) is 17.0 Å². The maximum atomic E-state index is 11.4. The Morgan fingerprint density at radius 3 is 2.90 bits per heavy atom. The molecule has 2 rings (SSSR count). The van der Waals surface area contributed by atoms with Gasteiger partial charge >= 0.3 is 11.9 Å². The Kier molecular flexibility index (Phi) is 4.87. The molecule has 0 unspecified atom stereocenters. The van der Waals surface area contributed by atoms with Gasteiger partial charge in [-0.05, 0) is 25.0 Å². The molecule has 1 heterocycles. The third-order valence-electron chi connectivity index (χ3n) is 2.92. The first kappa shape index (κ1) is 14.2. The van der Waals surface area contributed by atoms with Gasteiger partial charge in [0.2, 0.25) is 0 Å². The molecule has 0 atom stereocenters. The molecule has 0 amide bonds. The van der Waals surface area contributed by atoms with Crippen LogP contribution >= 0.6 is 0 Å². The molecule has 1 fully saturated rings. The van der Waals surface area contributed by atoms with Crippen LogP contribution in [0.2, 0.25) is 0 Å². The molecule has 1 aromatic carbocycles. The van der Waals surface area contributed by atoms with E-state index in [1.165, 1.54) is 0 Å². The van der Waals surface area contributed by atoms with E-state index < -0.39 is 0 Å². The third-order valence-corrected chi connectivity index (χ3v) is 2.92. The van der Waals surface area contributed by atoms with Crippen LogP contribution in [0.25, 0.3) is 0 Å². The molecule has 1 aliphatic rings. The van der Waals surface area contributed by atoms with Crippen LogP contribution in [-0.4, -0.2) is 30.9 Å². The van der Waals surface area contributed by atoms with Crippen LogP contribution in [0.15, 0.2) is 29.3 Å². The van der Waals surface area contributed by atoms with Gasteiger partial charge in [-0.2, -0.15) is 0 Å². The fraction of sp³-hybridized carbons (Fsp3) is 0.400. The van der Waals surface area contributed by atoms with Crippen molar-refractivity contribution in [3.8, 4) is 0 Å². The lowest BCUT2D eigenvalue weighted by Gasteiger charge is -2.06. The Morgan fingerprint density at radius 2 is 2.20 bits per heavy atom. The molecular weight excluding hydrogens is 258 g/mol. The second-order valence-electron chi connectivity index (χ2n) is 4.45. The van der Waals surface area contributed by atoms with E-state index in [2.05, 4.69) is 4.99 Å². The van der Waals surface area contributed by atoms with Crippen molar-refractivity contribution in [2.45, 2.75) is 26.2 Å². The van der Waals surface area contributed by atoms with Crippen LogP contribution < -0.4 is 0 Å². The summed E-state index contributed by atoms with van der Waals surface area (Å²) in [6, 6.07) is 7.58. The zero-order chi connectivity index (χ0) is 14.4. The van der Waals surface area contributed by atoms with E-state index in [-0.39, 0.29) is 25.0 Å². The lowest BCUT2D eigenvalue weighted by molar-refractivity contribution is -0.143. The van der Waals surface area contributed by atoms with Gasteiger partial charge in [0, 0.05) is 6.42 Å². The molecule has 106 valence electrons. The summed E-state index contributed by atoms with van der Waals surface area (Å²) in [4.78, 5) is 26.9. The topological polar surface area (TPSA) is 65.0 Å². The number of para-hydroxylation sites is 1. The zero-order valence-electron chi connectivity index (χ0n) is 11.4. The van der Waals surface area contributed by atoms with Crippen molar-refractivity contribution in [3.05, 3.63) is 29.8 Å². The van der Waals surface area contributed by atoms with Crippen LogP contribution in [0, 0.1) is 0 Å². The van der Waals surface area contributed by atoms with Gasteiger partial charge in [-0.15, -0.1) is 0 Å². The molecule has 0 aromatic heterocycles. The number of hydrogen-bond donors (Lipinski definition) is 0.